The number of rotatable bonds is 19. The number of carbonyl (C=O) groups is 2. The van der Waals surface area contributed by atoms with Crippen molar-refractivity contribution in [3.63, 3.8) is 0 Å². The van der Waals surface area contributed by atoms with Crippen LogP contribution in [0.25, 0.3) is 0 Å². The minimum atomic E-state index is -0.343. The third-order valence-corrected chi connectivity index (χ3v) is 14.3. The number of nitrogens with one attached hydrogen (secondary N) is 1. The molecule has 0 bridgehead atoms. The van der Waals surface area contributed by atoms with E-state index in [9.17, 15) is 9.59 Å². The summed E-state index contributed by atoms with van der Waals surface area (Å²) in [4.78, 5) is 25.7. The normalized spacial score (nSPS) is 30.5. The second-order valence-corrected chi connectivity index (χ2v) is 18.2. The maximum Gasteiger partial charge on any atom is 0.325 e. The molecule has 4 aliphatic carbocycles. The highest BCUT2D eigenvalue weighted by molar-refractivity contribution is 5.96. The van der Waals surface area contributed by atoms with Gasteiger partial charge in [0, 0.05) is 12.0 Å². The van der Waals surface area contributed by atoms with Crippen molar-refractivity contribution in [1.29, 1.82) is 0 Å². The van der Waals surface area contributed by atoms with Crippen LogP contribution in [0.2, 0.25) is 0 Å². The van der Waals surface area contributed by atoms with Crippen molar-refractivity contribution in [2.75, 3.05) is 13.2 Å². The van der Waals surface area contributed by atoms with Crippen LogP contribution in [-0.2, 0) is 9.53 Å². The molecule has 0 unspecified atom stereocenters. The second-order valence-electron chi connectivity index (χ2n) is 18.2. The number of unbranched alkanes of at least 4 members (excludes halogenated alkanes) is 7. The Hall–Kier alpha value is -2.30. The average molecular weight is 704 g/mol. The van der Waals surface area contributed by atoms with Gasteiger partial charge in [-0.3, -0.25) is 9.59 Å². The molecule has 0 spiro atoms. The topological polar surface area (TPSA) is 64.6 Å². The van der Waals surface area contributed by atoms with Crippen molar-refractivity contribution in [3.8, 4) is 5.75 Å². The van der Waals surface area contributed by atoms with Gasteiger partial charge in [0.15, 0.2) is 0 Å². The van der Waals surface area contributed by atoms with Crippen LogP contribution in [0.4, 0.5) is 0 Å². The molecule has 0 aromatic heterocycles. The smallest absolute Gasteiger partial charge is 0.325 e. The predicted octanol–water partition coefficient (Wildman–Crippen LogP) is 11.9. The molecule has 1 amide bonds. The van der Waals surface area contributed by atoms with Crippen LogP contribution in [0.5, 0.6) is 5.75 Å². The van der Waals surface area contributed by atoms with Crippen molar-refractivity contribution < 1.29 is 19.1 Å². The molecule has 51 heavy (non-hydrogen) atoms. The molecule has 3 fully saturated rings. The highest BCUT2D eigenvalue weighted by atomic mass is 16.5. The molecule has 8 atom stereocenters. The number of hydrogen-bond acceptors (Lipinski definition) is 4. The number of carbonyl (C=O) groups excluding carboxylic acids is 2. The van der Waals surface area contributed by atoms with Crippen LogP contribution in [0.15, 0.2) is 35.9 Å². The molecule has 5 nitrogen and oxygen atoms in total. The maximum absolute atomic E-state index is 12.9. The molecular weight excluding hydrogens is 631 g/mol. The number of fused-ring (bicyclic) bond motifs is 5. The predicted molar refractivity (Wildman–Crippen MR) is 210 cm³/mol. The van der Waals surface area contributed by atoms with E-state index in [1.165, 1.54) is 102 Å². The fourth-order valence-corrected chi connectivity index (χ4v) is 11.4. The zero-order valence-electron chi connectivity index (χ0n) is 33.4. The van der Waals surface area contributed by atoms with E-state index in [1.807, 2.05) is 12.1 Å². The lowest BCUT2D eigenvalue weighted by Gasteiger charge is -2.58. The Morgan fingerprint density at radius 2 is 1.57 bits per heavy atom. The quantitative estimate of drug-likeness (QED) is 0.0885. The van der Waals surface area contributed by atoms with E-state index in [2.05, 4.69) is 52.9 Å². The monoisotopic (exact) mass is 704 g/mol. The summed E-state index contributed by atoms with van der Waals surface area (Å²) >= 11 is 0. The van der Waals surface area contributed by atoms with Gasteiger partial charge in [0.25, 0.3) is 5.91 Å². The molecule has 0 radical (unpaired) electrons. The fourth-order valence-electron chi connectivity index (χ4n) is 11.4. The summed E-state index contributed by atoms with van der Waals surface area (Å²) in [5, 5.41) is 2.78. The molecule has 286 valence electrons. The Morgan fingerprint density at radius 1 is 0.843 bits per heavy atom. The molecule has 0 heterocycles. The largest absolute Gasteiger partial charge is 0.494 e. The Bertz CT molecular complexity index is 1290. The van der Waals surface area contributed by atoms with E-state index in [-0.39, 0.29) is 29.9 Å². The van der Waals surface area contributed by atoms with Gasteiger partial charge in [-0.15, -0.1) is 0 Å². The molecule has 4 aliphatic rings. The molecule has 0 aliphatic heterocycles. The van der Waals surface area contributed by atoms with E-state index in [1.54, 1.807) is 12.1 Å². The number of hydrogen-bond donors (Lipinski definition) is 1. The number of amides is 1. The maximum atomic E-state index is 12.9. The van der Waals surface area contributed by atoms with Gasteiger partial charge in [-0.1, -0.05) is 117 Å². The summed E-state index contributed by atoms with van der Waals surface area (Å²) in [5.74, 6) is 5.11. The van der Waals surface area contributed by atoms with E-state index in [0.717, 1.165) is 66.9 Å². The summed E-state index contributed by atoms with van der Waals surface area (Å²) < 4.78 is 11.9. The summed E-state index contributed by atoms with van der Waals surface area (Å²) in [7, 11) is 0. The Balaban J connectivity index is 1.03. The molecule has 1 aromatic rings. The summed E-state index contributed by atoms with van der Waals surface area (Å²) in [6.45, 7) is 15.3. The summed E-state index contributed by atoms with van der Waals surface area (Å²) in [6, 6.07) is 7.21. The van der Waals surface area contributed by atoms with Gasteiger partial charge in [-0.25, -0.2) is 0 Å². The molecule has 5 heteroatoms. The van der Waals surface area contributed by atoms with Crippen LogP contribution in [-0.4, -0.2) is 31.1 Å². The second kappa shape index (κ2) is 18.6. The van der Waals surface area contributed by atoms with Gasteiger partial charge in [-0.2, -0.15) is 0 Å². The number of allylic oxidation sites excluding steroid dienone is 1. The van der Waals surface area contributed by atoms with Crippen LogP contribution >= 0.6 is 0 Å². The van der Waals surface area contributed by atoms with E-state index in [4.69, 9.17) is 9.47 Å². The van der Waals surface area contributed by atoms with Crippen molar-refractivity contribution in [2.24, 2.45) is 46.3 Å². The fraction of sp³-hybridized carbons (Fsp3) is 0.783. The van der Waals surface area contributed by atoms with Crippen LogP contribution < -0.4 is 10.1 Å². The molecular formula is C46H73NO4. The molecule has 1 aromatic carbocycles. The van der Waals surface area contributed by atoms with Crippen LogP contribution in [0, 0.1) is 46.3 Å². The Labute approximate surface area is 311 Å². The molecule has 1 N–H and O–H groups in total. The Morgan fingerprint density at radius 3 is 2.29 bits per heavy atom. The minimum absolute atomic E-state index is 0.0980. The minimum Gasteiger partial charge on any atom is -0.494 e. The van der Waals surface area contributed by atoms with Crippen LogP contribution in [0.1, 0.15) is 174 Å². The van der Waals surface area contributed by atoms with Gasteiger partial charge in [-0.05, 0) is 122 Å². The number of ether oxygens (including phenoxy) is 2. The number of benzene rings is 1. The lowest BCUT2D eigenvalue weighted by atomic mass is 9.47. The molecule has 3 saturated carbocycles. The average Bonchev–Trinajstić information content (AvgIpc) is 3.47. The highest BCUT2D eigenvalue weighted by Crippen LogP contribution is 2.67. The first-order valence-electron chi connectivity index (χ1n) is 21.4. The van der Waals surface area contributed by atoms with Crippen molar-refractivity contribution in [3.05, 3.63) is 41.5 Å². The summed E-state index contributed by atoms with van der Waals surface area (Å²) in [5.41, 5.74) is 2.78. The zero-order valence-corrected chi connectivity index (χ0v) is 33.4. The molecule has 0 saturated heterocycles. The first kappa shape index (κ1) is 39.9. The highest BCUT2D eigenvalue weighted by Gasteiger charge is 2.59. The van der Waals surface area contributed by atoms with E-state index in [0.29, 0.717) is 17.6 Å². The van der Waals surface area contributed by atoms with Crippen LogP contribution in [0.3, 0.4) is 0 Å². The Kier molecular flexibility index (Phi) is 14.6. The number of esters is 1. The van der Waals surface area contributed by atoms with Gasteiger partial charge in [0.05, 0.1) is 6.61 Å². The zero-order chi connectivity index (χ0) is 36.4. The lowest BCUT2D eigenvalue weighted by Crippen LogP contribution is -2.51. The first-order valence-corrected chi connectivity index (χ1v) is 21.4. The van der Waals surface area contributed by atoms with Gasteiger partial charge < -0.3 is 14.8 Å². The van der Waals surface area contributed by atoms with Gasteiger partial charge >= 0.3 is 5.97 Å². The summed E-state index contributed by atoms with van der Waals surface area (Å²) in [6.07, 6.45) is 26.4. The third kappa shape index (κ3) is 10.0. The standard InChI is InChI=1S/C46H73NO4/c1-7-8-9-10-11-12-13-14-30-50-37-21-18-35(19-22-37)44(49)47-32-43(48)51-38-26-28-45(5)36(31-38)20-23-39-41-25-24-40(34(4)17-15-16-33(2)3)46(41,6)29-27-42(39)45/h18-22,33-34,38-42H,7-17,23-32H2,1-6H3,(H,47,49)/t34-,38+,39+,40-,41+,42+,45+,46-/m1/s1. The van der Waals surface area contributed by atoms with Crippen molar-refractivity contribution >= 4 is 11.9 Å². The van der Waals surface area contributed by atoms with Gasteiger partial charge in [0.1, 0.15) is 18.4 Å². The third-order valence-electron chi connectivity index (χ3n) is 14.3. The lowest BCUT2D eigenvalue weighted by molar-refractivity contribution is -0.150. The van der Waals surface area contributed by atoms with Gasteiger partial charge in [0.2, 0.25) is 0 Å². The molecule has 5 rings (SSSR count). The van der Waals surface area contributed by atoms with Crippen molar-refractivity contribution in [1.82, 2.24) is 5.32 Å². The van der Waals surface area contributed by atoms with E-state index < -0.39 is 0 Å². The SMILES string of the molecule is CCCCCCCCCCOc1ccc(C(=O)NCC(=O)O[C@H]2CC[C@@]3(C)C(=CC[C@H]4[C@@H]5CC[C@H]([C@H](C)CCCC(C)C)[C@@]5(C)CC[C@@H]43)C2)cc1. The van der Waals surface area contributed by atoms with Crippen molar-refractivity contribution in [2.45, 2.75) is 170 Å². The van der Waals surface area contributed by atoms with E-state index >= 15 is 0 Å². The first-order chi connectivity index (χ1) is 24.5.